The maximum Gasteiger partial charge on any atom is 0.220 e. The standard InChI is InChI=1S/C12H21NO/c1-9-4-11(2,3)7-12(5-9)6-10(14)13-8-12/h9H,4-8H2,1-3H3,(H,13,14). The van der Waals surface area contributed by atoms with Crippen molar-refractivity contribution in [3.63, 3.8) is 0 Å². The lowest BCUT2D eigenvalue weighted by atomic mass is 9.60. The van der Waals surface area contributed by atoms with Crippen molar-refractivity contribution < 1.29 is 4.79 Å². The average molecular weight is 195 g/mol. The third-order valence-electron chi connectivity index (χ3n) is 3.73. The van der Waals surface area contributed by atoms with Crippen LogP contribution in [0.3, 0.4) is 0 Å². The zero-order valence-electron chi connectivity index (χ0n) is 9.52. The molecule has 0 radical (unpaired) electrons. The number of hydrogen-bond acceptors (Lipinski definition) is 1. The Labute approximate surface area is 86.5 Å². The fourth-order valence-electron chi connectivity index (χ4n) is 3.94. The van der Waals surface area contributed by atoms with Crippen LogP contribution in [0.1, 0.15) is 46.5 Å². The molecule has 1 aliphatic heterocycles. The molecule has 1 N–H and O–H groups in total. The van der Waals surface area contributed by atoms with E-state index in [0.717, 1.165) is 18.9 Å². The summed E-state index contributed by atoms with van der Waals surface area (Å²) < 4.78 is 0. The van der Waals surface area contributed by atoms with E-state index < -0.39 is 0 Å². The molecule has 1 spiro atoms. The third kappa shape index (κ3) is 1.79. The number of carbonyl (C=O) groups is 1. The summed E-state index contributed by atoms with van der Waals surface area (Å²) in [5.74, 6) is 1.03. The average Bonchev–Trinajstić information content (AvgIpc) is 2.26. The Bertz CT molecular complexity index is 259. The van der Waals surface area contributed by atoms with Crippen molar-refractivity contribution in [2.24, 2.45) is 16.7 Å². The molecule has 80 valence electrons. The molecule has 1 amide bonds. The molecule has 2 nitrogen and oxygen atoms in total. The van der Waals surface area contributed by atoms with E-state index in [0.29, 0.717) is 5.41 Å². The van der Waals surface area contributed by atoms with Crippen molar-refractivity contribution in [2.75, 3.05) is 6.54 Å². The zero-order valence-corrected chi connectivity index (χ0v) is 9.52. The Hall–Kier alpha value is -0.530. The van der Waals surface area contributed by atoms with Gasteiger partial charge in [0.1, 0.15) is 0 Å². The second kappa shape index (κ2) is 2.98. The minimum absolute atomic E-state index is 0.259. The van der Waals surface area contributed by atoms with Gasteiger partial charge in [0, 0.05) is 13.0 Å². The van der Waals surface area contributed by atoms with Crippen LogP contribution in [-0.4, -0.2) is 12.5 Å². The highest BCUT2D eigenvalue weighted by Gasteiger charge is 2.46. The van der Waals surface area contributed by atoms with Gasteiger partial charge >= 0.3 is 0 Å². The molecule has 0 aromatic carbocycles. The molecule has 2 heteroatoms. The molecule has 1 heterocycles. The van der Waals surface area contributed by atoms with Crippen molar-refractivity contribution in [1.82, 2.24) is 5.32 Å². The van der Waals surface area contributed by atoms with Gasteiger partial charge < -0.3 is 5.32 Å². The van der Waals surface area contributed by atoms with Gasteiger partial charge in [0.15, 0.2) is 0 Å². The SMILES string of the molecule is CC1CC(C)(C)CC2(CNC(=O)C2)C1. The van der Waals surface area contributed by atoms with Crippen LogP contribution in [0.5, 0.6) is 0 Å². The molecule has 0 aromatic rings. The van der Waals surface area contributed by atoms with Crippen LogP contribution >= 0.6 is 0 Å². The van der Waals surface area contributed by atoms with Crippen molar-refractivity contribution >= 4 is 5.91 Å². The van der Waals surface area contributed by atoms with Gasteiger partial charge in [0.2, 0.25) is 5.91 Å². The molecule has 14 heavy (non-hydrogen) atoms. The van der Waals surface area contributed by atoms with Gasteiger partial charge in [-0.2, -0.15) is 0 Å². The van der Waals surface area contributed by atoms with Crippen molar-refractivity contribution in [1.29, 1.82) is 0 Å². The smallest absolute Gasteiger partial charge is 0.220 e. The van der Waals surface area contributed by atoms with Crippen LogP contribution in [-0.2, 0) is 4.79 Å². The summed E-state index contributed by atoms with van der Waals surface area (Å²) in [7, 11) is 0. The minimum atomic E-state index is 0.259. The zero-order chi connectivity index (χ0) is 10.4. The van der Waals surface area contributed by atoms with Gasteiger partial charge in [0.25, 0.3) is 0 Å². The second-order valence-corrected chi connectivity index (χ2v) is 6.31. The first-order valence-electron chi connectivity index (χ1n) is 5.68. The van der Waals surface area contributed by atoms with Gasteiger partial charge in [0.05, 0.1) is 0 Å². The first-order valence-corrected chi connectivity index (χ1v) is 5.68. The van der Waals surface area contributed by atoms with E-state index in [1.807, 2.05) is 0 Å². The lowest BCUT2D eigenvalue weighted by Gasteiger charge is -2.45. The predicted molar refractivity (Wildman–Crippen MR) is 56.9 cm³/mol. The third-order valence-corrected chi connectivity index (χ3v) is 3.73. The number of rotatable bonds is 0. The molecule has 0 aromatic heterocycles. The second-order valence-electron chi connectivity index (χ2n) is 6.31. The molecule has 1 aliphatic carbocycles. The normalized spacial score (nSPS) is 41.4. The highest BCUT2D eigenvalue weighted by molar-refractivity contribution is 5.79. The summed E-state index contributed by atoms with van der Waals surface area (Å²) in [5, 5.41) is 3.00. The quantitative estimate of drug-likeness (QED) is 0.631. The monoisotopic (exact) mass is 195 g/mol. The molecule has 2 rings (SSSR count). The summed E-state index contributed by atoms with van der Waals surface area (Å²) >= 11 is 0. The van der Waals surface area contributed by atoms with Gasteiger partial charge in [-0.3, -0.25) is 4.79 Å². The minimum Gasteiger partial charge on any atom is -0.356 e. The lowest BCUT2D eigenvalue weighted by molar-refractivity contribution is -0.120. The Morgan fingerprint density at radius 2 is 2.07 bits per heavy atom. The van der Waals surface area contributed by atoms with Gasteiger partial charge in [-0.1, -0.05) is 20.8 Å². The van der Waals surface area contributed by atoms with Crippen LogP contribution in [0.25, 0.3) is 0 Å². The highest BCUT2D eigenvalue weighted by atomic mass is 16.1. The molecule has 2 unspecified atom stereocenters. The number of nitrogens with one attached hydrogen (secondary N) is 1. The first-order chi connectivity index (χ1) is 6.41. The van der Waals surface area contributed by atoms with E-state index in [2.05, 4.69) is 26.1 Å². The molecule has 2 fully saturated rings. The van der Waals surface area contributed by atoms with Crippen molar-refractivity contribution in [3.8, 4) is 0 Å². The summed E-state index contributed by atoms with van der Waals surface area (Å²) in [5.41, 5.74) is 0.711. The van der Waals surface area contributed by atoms with Crippen molar-refractivity contribution in [3.05, 3.63) is 0 Å². The molecular formula is C12H21NO. The van der Waals surface area contributed by atoms with E-state index in [9.17, 15) is 4.79 Å². The van der Waals surface area contributed by atoms with E-state index in [1.54, 1.807) is 0 Å². The molecular weight excluding hydrogens is 174 g/mol. The summed E-state index contributed by atoms with van der Waals surface area (Å²) in [6, 6.07) is 0. The molecule has 0 bridgehead atoms. The van der Waals surface area contributed by atoms with Crippen LogP contribution in [0.4, 0.5) is 0 Å². The Morgan fingerprint density at radius 1 is 1.36 bits per heavy atom. The van der Waals surface area contributed by atoms with Crippen LogP contribution in [0.15, 0.2) is 0 Å². The predicted octanol–water partition coefficient (Wildman–Crippen LogP) is 2.34. The van der Waals surface area contributed by atoms with Crippen LogP contribution in [0.2, 0.25) is 0 Å². The van der Waals surface area contributed by atoms with Gasteiger partial charge in [-0.25, -0.2) is 0 Å². The van der Waals surface area contributed by atoms with Crippen LogP contribution in [0, 0.1) is 16.7 Å². The fourth-order valence-corrected chi connectivity index (χ4v) is 3.94. The molecule has 2 atom stereocenters. The van der Waals surface area contributed by atoms with Crippen molar-refractivity contribution in [2.45, 2.75) is 46.5 Å². The summed E-state index contributed by atoms with van der Waals surface area (Å²) in [6.07, 6.45) is 4.52. The largest absolute Gasteiger partial charge is 0.356 e. The lowest BCUT2D eigenvalue weighted by Crippen LogP contribution is -2.38. The Balaban J connectivity index is 2.16. The number of carbonyl (C=O) groups excluding carboxylic acids is 1. The van der Waals surface area contributed by atoms with E-state index in [4.69, 9.17) is 0 Å². The van der Waals surface area contributed by atoms with E-state index >= 15 is 0 Å². The van der Waals surface area contributed by atoms with Crippen LogP contribution < -0.4 is 5.32 Å². The first kappa shape index (κ1) is 10.0. The maximum atomic E-state index is 11.3. The summed E-state index contributed by atoms with van der Waals surface area (Å²) in [6.45, 7) is 7.92. The van der Waals surface area contributed by atoms with E-state index in [-0.39, 0.29) is 11.3 Å². The number of amides is 1. The molecule has 1 saturated carbocycles. The van der Waals surface area contributed by atoms with Gasteiger partial charge in [-0.05, 0) is 36.0 Å². The Morgan fingerprint density at radius 3 is 2.57 bits per heavy atom. The summed E-state index contributed by atoms with van der Waals surface area (Å²) in [4.78, 5) is 11.3. The Kier molecular flexibility index (Phi) is 2.13. The fraction of sp³-hybridized carbons (Fsp3) is 0.917. The van der Waals surface area contributed by atoms with E-state index in [1.165, 1.54) is 19.3 Å². The highest BCUT2D eigenvalue weighted by Crippen LogP contribution is 2.51. The topological polar surface area (TPSA) is 29.1 Å². The maximum absolute atomic E-state index is 11.3. The molecule has 2 aliphatic rings. The molecule has 1 saturated heterocycles. The number of hydrogen-bond donors (Lipinski definition) is 1. The van der Waals surface area contributed by atoms with Gasteiger partial charge in [-0.15, -0.1) is 0 Å².